The van der Waals surface area contributed by atoms with Crippen molar-refractivity contribution in [3.05, 3.63) is 89.0 Å². The number of hydrogen-bond acceptors (Lipinski definition) is 5. The SMILES string of the molecule is CCOC(=O)[C@@H]1CCCN(C(=O)c2ccc3c(c2)N(Cc2ccccc2C)C(=O)c2ccccc2S3)C1. The summed E-state index contributed by atoms with van der Waals surface area (Å²) in [7, 11) is 0. The van der Waals surface area contributed by atoms with Gasteiger partial charge in [-0.25, -0.2) is 0 Å². The molecule has 3 aromatic rings. The van der Waals surface area contributed by atoms with Crippen LogP contribution < -0.4 is 4.90 Å². The summed E-state index contributed by atoms with van der Waals surface area (Å²) in [5, 5.41) is 0. The molecule has 0 aliphatic carbocycles. The number of ether oxygens (including phenoxy) is 1. The lowest BCUT2D eigenvalue weighted by Crippen LogP contribution is -2.42. The first kappa shape index (κ1) is 25.1. The molecule has 0 spiro atoms. The van der Waals surface area contributed by atoms with Gasteiger partial charge in [-0.1, -0.05) is 48.2 Å². The van der Waals surface area contributed by atoms with E-state index in [-0.39, 0.29) is 23.7 Å². The zero-order chi connectivity index (χ0) is 25.9. The van der Waals surface area contributed by atoms with Crippen LogP contribution >= 0.6 is 11.8 Å². The summed E-state index contributed by atoms with van der Waals surface area (Å²) in [6, 6.07) is 21.3. The number of anilines is 1. The third-order valence-corrected chi connectivity index (χ3v) is 8.14. The zero-order valence-electron chi connectivity index (χ0n) is 21.1. The molecule has 0 unspecified atom stereocenters. The molecular weight excluding hydrogens is 484 g/mol. The van der Waals surface area contributed by atoms with Crippen LogP contribution in [0.25, 0.3) is 0 Å². The summed E-state index contributed by atoms with van der Waals surface area (Å²) >= 11 is 1.54. The van der Waals surface area contributed by atoms with Gasteiger partial charge in [-0.2, -0.15) is 0 Å². The number of carbonyl (C=O) groups excluding carboxylic acids is 3. The average molecular weight is 515 g/mol. The topological polar surface area (TPSA) is 66.9 Å². The number of benzene rings is 3. The number of amides is 2. The monoisotopic (exact) mass is 514 g/mol. The highest BCUT2D eigenvalue weighted by Crippen LogP contribution is 2.42. The molecule has 37 heavy (non-hydrogen) atoms. The van der Waals surface area contributed by atoms with E-state index in [0.717, 1.165) is 39.4 Å². The lowest BCUT2D eigenvalue weighted by atomic mass is 9.97. The van der Waals surface area contributed by atoms with E-state index in [1.807, 2.05) is 73.7 Å². The highest BCUT2D eigenvalue weighted by atomic mass is 32.2. The summed E-state index contributed by atoms with van der Waals surface area (Å²) in [6.07, 6.45) is 1.48. The Bertz CT molecular complexity index is 1350. The van der Waals surface area contributed by atoms with Gasteiger partial charge < -0.3 is 14.5 Å². The van der Waals surface area contributed by atoms with Gasteiger partial charge in [0.25, 0.3) is 11.8 Å². The van der Waals surface area contributed by atoms with Crippen LogP contribution in [-0.2, 0) is 16.1 Å². The van der Waals surface area contributed by atoms with Crippen LogP contribution in [0.3, 0.4) is 0 Å². The molecule has 190 valence electrons. The largest absolute Gasteiger partial charge is 0.466 e. The number of likely N-dealkylation sites (tertiary alicyclic amines) is 1. The van der Waals surface area contributed by atoms with Crippen molar-refractivity contribution in [1.82, 2.24) is 4.90 Å². The standard InChI is InChI=1S/C30H30N2O4S/c1-3-36-30(35)23-11-8-16-31(18-23)28(33)21-14-15-27-25(17-21)32(19-22-10-5-4-9-20(22)2)29(34)24-12-6-7-13-26(24)37-27/h4-7,9-10,12-15,17,23H,3,8,11,16,18-19H2,1-2H3/t23-/m1/s1. The van der Waals surface area contributed by atoms with Crippen molar-refractivity contribution in [3.8, 4) is 0 Å². The quantitative estimate of drug-likeness (QED) is 0.407. The summed E-state index contributed by atoms with van der Waals surface area (Å²) in [5.74, 6) is -0.768. The number of piperidine rings is 1. The van der Waals surface area contributed by atoms with Crippen LogP contribution in [0.5, 0.6) is 0 Å². The molecule has 5 rings (SSSR count). The summed E-state index contributed by atoms with van der Waals surface area (Å²) in [5.41, 5.74) is 4.04. The fraction of sp³-hybridized carbons (Fsp3) is 0.300. The van der Waals surface area contributed by atoms with Gasteiger partial charge in [0.2, 0.25) is 0 Å². The molecule has 2 heterocycles. The van der Waals surface area contributed by atoms with Crippen molar-refractivity contribution in [2.24, 2.45) is 5.92 Å². The number of aryl methyl sites for hydroxylation is 1. The van der Waals surface area contributed by atoms with E-state index in [1.165, 1.54) is 0 Å². The molecule has 2 aliphatic heterocycles. The van der Waals surface area contributed by atoms with E-state index in [2.05, 4.69) is 0 Å². The highest BCUT2D eigenvalue weighted by molar-refractivity contribution is 7.99. The molecule has 2 aliphatic rings. The fourth-order valence-corrected chi connectivity index (χ4v) is 6.02. The first-order chi connectivity index (χ1) is 18.0. The third kappa shape index (κ3) is 5.14. The molecule has 0 N–H and O–H groups in total. The highest BCUT2D eigenvalue weighted by Gasteiger charge is 2.32. The second kappa shape index (κ2) is 10.8. The van der Waals surface area contributed by atoms with Crippen LogP contribution in [0.2, 0.25) is 0 Å². The molecule has 1 fully saturated rings. The predicted octanol–water partition coefficient (Wildman–Crippen LogP) is 5.72. The average Bonchev–Trinajstić information content (AvgIpc) is 3.03. The molecule has 0 saturated carbocycles. The molecule has 1 atom stereocenters. The van der Waals surface area contributed by atoms with Crippen LogP contribution in [0.1, 0.15) is 51.6 Å². The normalized spacial score (nSPS) is 17.0. The Labute approximate surface area is 221 Å². The van der Waals surface area contributed by atoms with Gasteiger partial charge >= 0.3 is 5.97 Å². The maximum atomic E-state index is 13.8. The molecule has 0 radical (unpaired) electrons. The molecule has 1 saturated heterocycles. The zero-order valence-corrected chi connectivity index (χ0v) is 21.9. The van der Waals surface area contributed by atoms with Gasteiger partial charge in [-0.3, -0.25) is 14.4 Å². The van der Waals surface area contributed by atoms with Crippen LogP contribution in [0.4, 0.5) is 5.69 Å². The van der Waals surface area contributed by atoms with Crippen molar-refractivity contribution in [1.29, 1.82) is 0 Å². The lowest BCUT2D eigenvalue weighted by molar-refractivity contribution is -0.149. The fourth-order valence-electron chi connectivity index (χ4n) is 4.96. The van der Waals surface area contributed by atoms with Crippen molar-refractivity contribution in [2.45, 2.75) is 43.0 Å². The molecule has 7 heteroatoms. The predicted molar refractivity (Wildman–Crippen MR) is 144 cm³/mol. The van der Waals surface area contributed by atoms with E-state index < -0.39 is 0 Å². The van der Waals surface area contributed by atoms with Crippen molar-refractivity contribution >= 4 is 35.2 Å². The summed E-state index contributed by atoms with van der Waals surface area (Å²) < 4.78 is 5.20. The molecular formula is C30H30N2O4S. The smallest absolute Gasteiger partial charge is 0.310 e. The molecule has 3 aromatic carbocycles. The van der Waals surface area contributed by atoms with E-state index >= 15 is 0 Å². The Morgan fingerprint density at radius 1 is 1.03 bits per heavy atom. The van der Waals surface area contributed by atoms with E-state index in [9.17, 15) is 14.4 Å². The molecule has 2 amide bonds. The van der Waals surface area contributed by atoms with Crippen molar-refractivity contribution in [2.75, 3.05) is 24.6 Å². The third-order valence-electron chi connectivity index (χ3n) is 7.00. The number of nitrogens with zero attached hydrogens (tertiary/aromatic N) is 2. The second-order valence-electron chi connectivity index (χ2n) is 9.44. The maximum Gasteiger partial charge on any atom is 0.310 e. The Kier molecular flexibility index (Phi) is 7.33. The lowest BCUT2D eigenvalue weighted by Gasteiger charge is -2.32. The van der Waals surface area contributed by atoms with E-state index in [0.29, 0.717) is 37.4 Å². The number of carbonyl (C=O) groups is 3. The molecule has 0 aromatic heterocycles. The van der Waals surface area contributed by atoms with Gasteiger partial charge in [0.05, 0.1) is 30.3 Å². The first-order valence-electron chi connectivity index (χ1n) is 12.7. The van der Waals surface area contributed by atoms with Gasteiger partial charge in [-0.15, -0.1) is 0 Å². The van der Waals surface area contributed by atoms with E-state index in [4.69, 9.17) is 4.74 Å². The number of hydrogen-bond donors (Lipinski definition) is 0. The van der Waals surface area contributed by atoms with Gasteiger partial charge in [0, 0.05) is 28.4 Å². The van der Waals surface area contributed by atoms with Crippen molar-refractivity contribution in [3.63, 3.8) is 0 Å². The Morgan fingerprint density at radius 3 is 2.62 bits per heavy atom. The van der Waals surface area contributed by atoms with Gasteiger partial charge in [-0.05, 0) is 68.1 Å². The molecule has 0 bridgehead atoms. The van der Waals surface area contributed by atoms with Gasteiger partial charge in [0.15, 0.2) is 0 Å². The number of fused-ring (bicyclic) bond motifs is 2. The van der Waals surface area contributed by atoms with E-state index in [1.54, 1.807) is 28.5 Å². The van der Waals surface area contributed by atoms with Crippen molar-refractivity contribution < 1.29 is 19.1 Å². The molecule has 6 nitrogen and oxygen atoms in total. The number of rotatable bonds is 5. The maximum absolute atomic E-state index is 13.8. The Balaban J connectivity index is 1.50. The second-order valence-corrected chi connectivity index (χ2v) is 10.5. The number of esters is 1. The summed E-state index contributed by atoms with van der Waals surface area (Å²) in [4.78, 5) is 45.1. The minimum Gasteiger partial charge on any atom is -0.466 e. The Hall–Kier alpha value is -3.58. The van der Waals surface area contributed by atoms with Crippen LogP contribution in [0, 0.1) is 12.8 Å². The van der Waals surface area contributed by atoms with Crippen LogP contribution in [0.15, 0.2) is 76.5 Å². The Morgan fingerprint density at radius 2 is 1.81 bits per heavy atom. The minimum atomic E-state index is -0.303. The first-order valence-corrected chi connectivity index (χ1v) is 13.5. The minimum absolute atomic E-state index is 0.0879. The van der Waals surface area contributed by atoms with Crippen LogP contribution in [-0.4, -0.2) is 42.4 Å². The van der Waals surface area contributed by atoms with Gasteiger partial charge in [0.1, 0.15) is 0 Å². The summed E-state index contributed by atoms with van der Waals surface area (Å²) in [6.45, 7) is 5.51.